The Morgan fingerprint density at radius 1 is 0.847 bits per heavy atom. The van der Waals surface area contributed by atoms with Crippen LogP contribution in [-0.2, 0) is 57.6 Å². The molecule has 4 fully saturated rings. The normalized spacial score (nSPS) is 28.6. The van der Waals surface area contributed by atoms with Crippen molar-refractivity contribution >= 4 is 41.4 Å². The summed E-state index contributed by atoms with van der Waals surface area (Å²) in [5, 5.41) is 19.3. The first-order valence-electron chi connectivity index (χ1n) is 21.0. The molecule has 318 valence electrons. The van der Waals surface area contributed by atoms with Crippen LogP contribution in [0.15, 0.2) is 48.5 Å². The van der Waals surface area contributed by atoms with E-state index in [4.69, 9.17) is 4.74 Å². The summed E-state index contributed by atoms with van der Waals surface area (Å²) in [6.07, 6.45) is 0.281. The first kappa shape index (κ1) is 43.3. The molecule has 0 aliphatic carbocycles. The highest BCUT2D eigenvalue weighted by Gasteiger charge is 2.49. The van der Waals surface area contributed by atoms with Crippen LogP contribution in [0.2, 0.25) is 0 Å². The van der Waals surface area contributed by atoms with Crippen LogP contribution in [0.3, 0.4) is 0 Å². The van der Waals surface area contributed by atoms with E-state index in [1.165, 1.54) is 21.6 Å². The maximum Gasteiger partial charge on any atom is 0.329 e. The summed E-state index contributed by atoms with van der Waals surface area (Å²) in [6, 6.07) is 8.21. The van der Waals surface area contributed by atoms with Gasteiger partial charge in [0.25, 0.3) is 0 Å². The number of carbonyl (C=O) groups excluding carboxylic acids is 7. The molecule has 6 rings (SSSR count). The number of esters is 1. The molecule has 2 aromatic rings. The minimum absolute atomic E-state index is 0.00338. The number of aliphatic hydroxyl groups is 1. The second kappa shape index (κ2) is 18.7. The fourth-order valence-electron chi connectivity index (χ4n) is 8.83. The number of hydrogen-bond donors (Lipinski definition) is 4. The first-order valence-corrected chi connectivity index (χ1v) is 21.0. The van der Waals surface area contributed by atoms with Crippen molar-refractivity contribution < 1.29 is 43.4 Å². The number of nitrogens with zero attached hydrogens (tertiary/aromatic N) is 3. The molecule has 0 bridgehead atoms. The van der Waals surface area contributed by atoms with Crippen molar-refractivity contribution in [2.24, 2.45) is 5.92 Å². The first-order chi connectivity index (χ1) is 28.1. The van der Waals surface area contributed by atoms with Crippen molar-refractivity contribution in [3.05, 3.63) is 70.8 Å². The monoisotopic (exact) mass is 814 g/mol. The van der Waals surface area contributed by atoms with Gasteiger partial charge in [0.15, 0.2) is 0 Å². The molecule has 0 radical (unpaired) electrons. The number of hydrogen-bond acceptors (Lipinski definition) is 9. The number of aliphatic hydroxyl groups excluding tert-OH is 1. The molecule has 59 heavy (non-hydrogen) atoms. The van der Waals surface area contributed by atoms with Crippen LogP contribution >= 0.6 is 0 Å². The van der Waals surface area contributed by atoms with Gasteiger partial charge < -0.3 is 40.5 Å². The zero-order valence-electron chi connectivity index (χ0n) is 34.6. The van der Waals surface area contributed by atoms with Crippen LogP contribution in [0.5, 0.6) is 0 Å². The molecule has 15 nitrogen and oxygen atoms in total. The van der Waals surface area contributed by atoms with Gasteiger partial charge in [0.05, 0.1) is 12.5 Å². The van der Waals surface area contributed by atoms with Crippen LogP contribution in [0.1, 0.15) is 82.1 Å². The van der Waals surface area contributed by atoms with Gasteiger partial charge in [0, 0.05) is 32.5 Å². The van der Waals surface area contributed by atoms with Crippen molar-refractivity contribution in [2.45, 2.75) is 134 Å². The predicted octanol–water partition coefficient (Wildman–Crippen LogP) is 1.34. The molecule has 0 unspecified atom stereocenters. The van der Waals surface area contributed by atoms with Gasteiger partial charge in [-0.25, -0.2) is 4.79 Å². The summed E-state index contributed by atoms with van der Waals surface area (Å²) in [6.45, 7) is 9.05. The Morgan fingerprint density at radius 2 is 1.56 bits per heavy atom. The molecular formula is C44H58N6O9. The van der Waals surface area contributed by atoms with Crippen molar-refractivity contribution in [3.63, 3.8) is 0 Å². The molecule has 4 N–H and O–H groups in total. The van der Waals surface area contributed by atoms with Crippen LogP contribution in [0.25, 0.3) is 0 Å². The van der Waals surface area contributed by atoms with E-state index in [1.807, 2.05) is 69.3 Å². The average Bonchev–Trinajstić information content (AvgIpc) is 3.81. The Balaban J connectivity index is 1.34. The van der Waals surface area contributed by atoms with E-state index < -0.39 is 89.9 Å². The smallest absolute Gasteiger partial charge is 0.329 e. The fraction of sp³-hybridized carbons (Fsp3) is 0.568. The van der Waals surface area contributed by atoms with Crippen LogP contribution in [-0.4, -0.2) is 129 Å². The Morgan fingerprint density at radius 3 is 2.27 bits per heavy atom. The standard InChI is InChI=1S/C44H58N6O9/c1-6-29-13-15-30(16-14-29)21-37(52)46-33(20-31-11-9-10-25(2)18-31)39(53)47-38-28(5)59-44(58)36-19-26(3)23-49(36)41(55)27(4)45-40(54)34-12-7-8-17-48(34)42(56)35-22-32(51)24-50(35)43(38)57/h9-11,13-16,18,26-28,32-36,38,51H,6-8,12,17,19-24H2,1-5H3,(H,45,54)(H,46,52)(H,47,53)/t26-,27+,28+,32-,33+,34+,35+,36+,38+/m1/s1. The lowest BCUT2D eigenvalue weighted by atomic mass is 9.98. The number of fused-ring (bicyclic) bond motifs is 3. The lowest BCUT2D eigenvalue weighted by Crippen LogP contribution is -2.63. The third-order valence-electron chi connectivity index (χ3n) is 12.0. The third-order valence-corrected chi connectivity index (χ3v) is 12.0. The van der Waals surface area contributed by atoms with Gasteiger partial charge in [-0.3, -0.25) is 28.8 Å². The Labute approximate surface area is 345 Å². The Kier molecular flexibility index (Phi) is 13.7. The highest BCUT2D eigenvalue weighted by Crippen LogP contribution is 2.29. The molecule has 4 aliphatic rings. The van der Waals surface area contributed by atoms with Gasteiger partial charge in [-0.1, -0.05) is 67.9 Å². The Bertz CT molecular complexity index is 1920. The lowest BCUT2D eigenvalue weighted by molar-refractivity contribution is -0.163. The zero-order chi connectivity index (χ0) is 42.5. The highest BCUT2D eigenvalue weighted by atomic mass is 16.5. The van der Waals surface area contributed by atoms with E-state index >= 15 is 0 Å². The number of aryl methyl sites for hydroxylation is 2. The second-order valence-corrected chi connectivity index (χ2v) is 16.8. The third kappa shape index (κ3) is 10.1. The number of amides is 6. The highest BCUT2D eigenvalue weighted by molar-refractivity contribution is 5.98. The number of carbonyl (C=O) groups is 7. The number of cyclic esters (lactones) is 1. The molecule has 9 atom stereocenters. The fourth-order valence-corrected chi connectivity index (χ4v) is 8.83. The summed E-state index contributed by atoms with van der Waals surface area (Å²) >= 11 is 0. The van der Waals surface area contributed by atoms with E-state index in [-0.39, 0.29) is 51.2 Å². The summed E-state index contributed by atoms with van der Waals surface area (Å²) < 4.78 is 5.96. The lowest BCUT2D eigenvalue weighted by Gasteiger charge is -2.39. The van der Waals surface area contributed by atoms with Gasteiger partial charge in [0.2, 0.25) is 35.4 Å². The van der Waals surface area contributed by atoms with Gasteiger partial charge in [-0.15, -0.1) is 0 Å². The van der Waals surface area contributed by atoms with Crippen molar-refractivity contribution in [1.29, 1.82) is 0 Å². The van der Waals surface area contributed by atoms with E-state index in [9.17, 15) is 38.7 Å². The van der Waals surface area contributed by atoms with E-state index in [2.05, 4.69) is 16.0 Å². The van der Waals surface area contributed by atoms with Crippen molar-refractivity contribution in [2.75, 3.05) is 19.6 Å². The molecule has 15 heteroatoms. The largest absolute Gasteiger partial charge is 0.458 e. The minimum atomic E-state index is -1.57. The van der Waals surface area contributed by atoms with E-state index in [1.54, 1.807) is 6.92 Å². The molecule has 4 aliphatic heterocycles. The van der Waals surface area contributed by atoms with E-state index in [0.717, 1.165) is 28.7 Å². The van der Waals surface area contributed by atoms with Crippen molar-refractivity contribution in [3.8, 4) is 0 Å². The van der Waals surface area contributed by atoms with E-state index in [0.29, 0.717) is 19.3 Å². The molecule has 0 saturated carbocycles. The minimum Gasteiger partial charge on any atom is -0.458 e. The zero-order valence-corrected chi connectivity index (χ0v) is 34.6. The second-order valence-electron chi connectivity index (χ2n) is 16.8. The topological polar surface area (TPSA) is 195 Å². The number of benzene rings is 2. The molecule has 6 amide bonds. The molecule has 2 aromatic carbocycles. The molecular weight excluding hydrogens is 757 g/mol. The maximum absolute atomic E-state index is 14.8. The van der Waals surface area contributed by atoms with Crippen LogP contribution in [0.4, 0.5) is 0 Å². The number of ether oxygens (including phenoxy) is 1. The molecule has 0 aromatic heterocycles. The van der Waals surface area contributed by atoms with Gasteiger partial charge in [-0.2, -0.15) is 0 Å². The molecule has 4 saturated heterocycles. The predicted molar refractivity (Wildman–Crippen MR) is 216 cm³/mol. The van der Waals surface area contributed by atoms with Gasteiger partial charge >= 0.3 is 5.97 Å². The van der Waals surface area contributed by atoms with Crippen LogP contribution in [0, 0.1) is 12.8 Å². The average molecular weight is 815 g/mol. The summed E-state index contributed by atoms with van der Waals surface area (Å²) in [5.74, 6) is -4.35. The SMILES string of the molecule is CCc1ccc(CC(=O)N[C@@H](Cc2cccc(C)c2)C(=O)N[C@@H]2C(=O)N3C[C@H](O)C[C@H]3C(=O)N3CCCC[C@H]3C(=O)N[C@@H](C)C(=O)N3C[C@H](C)C[C@H]3C(=O)O[C@H]2C)cc1. The number of nitrogens with one attached hydrogen (secondary N) is 3. The molecule has 4 heterocycles. The van der Waals surface area contributed by atoms with Crippen LogP contribution < -0.4 is 16.0 Å². The van der Waals surface area contributed by atoms with Gasteiger partial charge in [-0.05, 0) is 75.5 Å². The number of rotatable bonds is 8. The maximum atomic E-state index is 14.8. The molecule has 0 spiro atoms. The Hall–Kier alpha value is -5.31. The summed E-state index contributed by atoms with van der Waals surface area (Å²) in [4.78, 5) is 103. The summed E-state index contributed by atoms with van der Waals surface area (Å²) in [7, 11) is 0. The number of piperidine rings is 1. The quantitative estimate of drug-likeness (QED) is 0.285. The summed E-state index contributed by atoms with van der Waals surface area (Å²) in [5.41, 5.74) is 3.57. The van der Waals surface area contributed by atoms with Crippen molar-refractivity contribution in [1.82, 2.24) is 30.7 Å². The van der Waals surface area contributed by atoms with Gasteiger partial charge in [0.1, 0.15) is 42.4 Å².